The summed E-state index contributed by atoms with van der Waals surface area (Å²) in [4.78, 5) is 16.0. The first-order valence-electron chi connectivity index (χ1n) is 6.44. The van der Waals surface area contributed by atoms with Crippen LogP contribution >= 0.6 is 23.1 Å². The van der Waals surface area contributed by atoms with Gasteiger partial charge in [0, 0.05) is 17.1 Å². The van der Waals surface area contributed by atoms with Crippen LogP contribution in [0.3, 0.4) is 0 Å². The minimum atomic E-state index is -0.193. The maximum absolute atomic E-state index is 12.0. The zero-order chi connectivity index (χ0) is 15.4. The van der Waals surface area contributed by atoms with E-state index in [9.17, 15) is 4.79 Å². The molecule has 0 radical (unpaired) electrons. The van der Waals surface area contributed by atoms with Crippen LogP contribution in [0.1, 0.15) is 21.7 Å². The van der Waals surface area contributed by atoms with Crippen molar-refractivity contribution in [3.8, 4) is 5.75 Å². The number of rotatable bonds is 5. The summed E-state index contributed by atoms with van der Waals surface area (Å²) in [6.07, 6.45) is 1.65. The van der Waals surface area contributed by atoms with E-state index >= 15 is 0 Å². The van der Waals surface area contributed by atoms with Crippen LogP contribution in [-0.4, -0.2) is 19.6 Å². The average molecular weight is 332 g/mol. The van der Waals surface area contributed by atoms with E-state index in [1.165, 1.54) is 23.1 Å². The Balaban J connectivity index is 1.60. The number of hydrogen-bond donors (Lipinski definition) is 1. The Kier molecular flexibility index (Phi) is 4.40. The number of nitrogens with zero attached hydrogens (tertiary/aromatic N) is 3. The molecule has 1 amide bonds. The lowest BCUT2D eigenvalue weighted by molar-refractivity contribution is 0.102. The third-order valence-corrected chi connectivity index (χ3v) is 4.24. The first kappa shape index (κ1) is 14.6. The van der Waals surface area contributed by atoms with Crippen LogP contribution in [0, 0.1) is 6.92 Å². The zero-order valence-electron chi connectivity index (χ0n) is 11.6. The number of aryl methyl sites for hydroxylation is 1. The Morgan fingerprint density at radius 2 is 2.09 bits per heavy atom. The van der Waals surface area contributed by atoms with Gasteiger partial charge in [0.1, 0.15) is 18.1 Å². The minimum Gasteiger partial charge on any atom is -0.487 e. The molecule has 8 heteroatoms. The first-order valence-corrected chi connectivity index (χ1v) is 8.05. The molecular formula is C14H12N4O2S2. The van der Waals surface area contributed by atoms with Crippen molar-refractivity contribution in [1.82, 2.24) is 13.7 Å². The van der Waals surface area contributed by atoms with Gasteiger partial charge in [-0.2, -0.15) is 8.75 Å². The predicted molar refractivity (Wildman–Crippen MR) is 85.5 cm³/mol. The van der Waals surface area contributed by atoms with Gasteiger partial charge in [0.25, 0.3) is 5.91 Å². The minimum absolute atomic E-state index is 0.193. The highest BCUT2D eigenvalue weighted by atomic mass is 32.1. The second-order valence-corrected chi connectivity index (χ2v) is 5.82. The lowest BCUT2D eigenvalue weighted by Crippen LogP contribution is -2.11. The van der Waals surface area contributed by atoms with Gasteiger partial charge in [-0.3, -0.25) is 10.1 Å². The number of carbonyl (C=O) groups is 1. The highest BCUT2D eigenvalue weighted by Crippen LogP contribution is 2.17. The summed E-state index contributed by atoms with van der Waals surface area (Å²) in [5.74, 6) is 0.485. The van der Waals surface area contributed by atoms with Gasteiger partial charge < -0.3 is 4.74 Å². The molecule has 22 heavy (non-hydrogen) atoms. The number of amides is 1. The van der Waals surface area contributed by atoms with Crippen molar-refractivity contribution in [2.75, 3.05) is 5.32 Å². The first-order chi connectivity index (χ1) is 10.7. The number of nitrogens with one attached hydrogen (secondary N) is 1. The van der Waals surface area contributed by atoms with E-state index in [0.29, 0.717) is 23.1 Å². The molecule has 0 bridgehead atoms. The largest absolute Gasteiger partial charge is 0.487 e. The molecule has 0 unspecified atom stereocenters. The van der Waals surface area contributed by atoms with Gasteiger partial charge in [0.2, 0.25) is 0 Å². The van der Waals surface area contributed by atoms with Crippen LogP contribution in [0.25, 0.3) is 0 Å². The molecule has 0 aliphatic rings. The van der Waals surface area contributed by atoms with Crippen molar-refractivity contribution in [2.45, 2.75) is 13.5 Å². The van der Waals surface area contributed by atoms with Crippen molar-refractivity contribution < 1.29 is 9.53 Å². The number of carbonyl (C=O) groups excluding carboxylic acids is 1. The van der Waals surface area contributed by atoms with Crippen molar-refractivity contribution in [3.05, 3.63) is 52.8 Å². The number of ether oxygens (including phenoxy) is 1. The molecule has 2 aromatic heterocycles. The Morgan fingerprint density at radius 3 is 2.73 bits per heavy atom. The van der Waals surface area contributed by atoms with Crippen LogP contribution in [-0.2, 0) is 6.61 Å². The topological polar surface area (TPSA) is 77.0 Å². The van der Waals surface area contributed by atoms with Gasteiger partial charge in [0.15, 0.2) is 5.13 Å². The van der Waals surface area contributed by atoms with Crippen LogP contribution in [0.2, 0.25) is 0 Å². The smallest absolute Gasteiger partial charge is 0.257 e. The van der Waals surface area contributed by atoms with E-state index in [1.54, 1.807) is 30.5 Å². The fourth-order valence-electron chi connectivity index (χ4n) is 1.69. The van der Waals surface area contributed by atoms with Crippen LogP contribution in [0.5, 0.6) is 5.75 Å². The van der Waals surface area contributed by atoms with Crippen LogP contribution < -0.4 is 10.1 Å². The van der Waals surface area contributed by atoms with Crippen LogP contribution in [0.15, 0.2) is 35.8 Å². The van der Waals surface area contributed by atoms with E-state index < -0.39 is 0 Å². The third-order valence-electron chi connectivity index (χ3n) is 2.89. The van der Waals surface area contributed by atoms with E-state index in [2.05, 4.69) is 19.0 Å². The lowest BCUT2D eigenvalue weighted by Gasteiger charge is -2.06. The Bertz CT molecular complexity index is 754. The lowest BCUT2D eigenvalue weighted by atomic mass is 10.2. The van der Waals surface area contributed by atoms with Crippen molar-refractivity contribution >= 4 is 34.1 Å². The average Bonchev–Trinajstić information content (AvgIpc) is 3.17. The molecule has 0 spiro atoms. The molecule has 3 aromatic rings. The molecule has 0 saturated heterocycles. The Labute approximate surface area is 135 Å². The summed E-state index contributed by atoms with van der Waals surface area (Å²) in [6.45, 7) is 2.27. The van der Waals surface area contributed by atoms with Crippen molar-refractivity contribution in [1.29, 1.82) is 0 Å². The summed E-state index contributed by atoms with van der Waals surface area (Å²) < 4.78 is 13.9. The summed E-state index contributed by atoms with van der Waals surface area (Å²) in [5.41, 5.74) is 2.26. The quantitative estimate of drug-likeness (QED) is 0.777. The normalized spacial score (nSPS) is 10.4. The Morgan fingerprint density at radius 1 is 1.27 bits per heavy atom. The summed E-state index contributed by atoms with van der Waals surface area (Å²) in [5, 5.41) is 5.12. The molecule has 0 atom stereocenters. The van der Waals surface area contributed by atoms with Crippen molar-refractivity contribution in [3.63, 3.8) is 0 Å². The highest BCUT2D eigenvalue weighted by Gasteiger charge is 2.08. The zero-order valence-corrected chi connectivity index (χ0v) is 13.3. The molecule has 1 N–H and O–H groups in total. The fourth-order valence-corrected chi connectivity index (χ4v) is 2.77. The number of anilines is 1. The fraction of sp³-hybridized carbons (Fsp3) is 0.143. The molecule has 112 valence electrons. The number of hydrogen-bond acceptors (Lipinski definition) is 7. The van der Waals surface area contributed by atoms with E-state index in [1.807, 2.05) is 12.3 Å². The molecule has 1 aromatic carbocycles. The summed E-state index contributed by atoms with van der Waals surface area (Å²) in [7, 11) is 0. The predicted octanol–water partition coefficient (Wildman–Crippen LogP) is 3.13. The monoisotopic (exact) mass is 332 g/mol. The van der Waals surface area contributed by atoms with E-state index in [4.69, 9.17) is 4.74 Å². The van der Waals surface area contributed by atoms with Gasteiger partial charge in [-0.1, -0.05) is 0 Å². The van der Waals surface area contributed by atoms with Gasteiger partial charge in [-0.15, -0.1) is 11.3 Å². The molecule has 0 aliphatic heterocycles. The molecular weight excluding hydrogens is 320 g/mol. The maximum Gasteiger partial charge on any atom is 0.257 e. The van der Waals surface area contributed by atoms with Gasteiger partial charge in [0.05, 0.1) is 17.4 Å². The summed E-state index contributed by atoms with van der Waals surface area (Å²) in [6, 6.07) is 6.94. The van der Waals surface area contributed by atoms with Gasteiger partial charge >= 0.3 is 0 Å². The van der Waals surface area contributed by atoms with Gasteiger partial charge in [-0.05, 0) is 31.2 Å². The summed E-state index contributed by atoms with van der Waals surface area (Å²) >= 11 is 2.55. The molecule has 3 rings (SSSR count). The molecule has 0 aliphatic carbocycles. The van der Waals surface area contributed by atoms with Crippen molar-refractivity contribution in [2.24, 2.45) is 0 Å². The Hall–Kier alpha value is -2.32. The number of aromatic nitrogens is 3. The highest BCUT2D eigenvalue weighted by molar-refractivity contribution is 7.13. The van der Waals surface area contributed by atoms with E-state index in [-0.39, 0.29) is 5.91 Å². The molecule has 2 heterocycles. The molecule has 6 nitrogen and oxygen atoms in total. The maximum atomic E-state index is 12.0. The molecule has 0 saturated carbocycles. The van der Waals surface area contributed by atoms with E-state index in [0.717, 1.165) is 11.4 Å². The third kappa shape index (κ3) is 3.46. The second-order valence-electron chi connectivity index (χ2n) is 4.40. The number of thiazole rings is 1. The van der Waals surface area contributed by atoms with Gasteiger partial charge in [-0.25, -0.2) is 4.98 Å². The SMILES string of the molecule is Cc1nsnc1COc1ccc(C(=O)Nc2nccs2)cc1. The second kappa shape index (κ2) is 6.63. The molecule has 0 fully saturated rings. The number of benzene rings is 1. The van der Waals surface area contributed by atoms with Crippen LogP contribution in [0.4, 0.5) is 5.13 Å². The standard InChI is InChI=1S/C14H12N4O2S2/c1-9-12(18-22-17-9)8-20-11-4-2-10(3-5-11)13(19)16-14-15-6-7-21-14/h2-7H,8H2,1H3,(H,15,16,19).